The maximum absolute atomic E-state index is 11.0. The number of fused-ring (bicyclic) bond motifs is 5. The molecule has 3 nitrogen and oxygen atoms in total. The minimum Gasteiger partial charge on any atom is -0.481 e. The van der Waals surface area contributed by atoms with Crippen molar-refractivity contribution in [1.82, 2.24) is 0 Å². The first kappa shape index (κ1) is 19.7. The normalized spacial score (nSPS) is 50.4. The molecule has 0 aliphatic heterocycles. The number of carbonyl (C=O) groups is 1. The third-order valence-electron chi connectivity index (χ3n) is 10.2. The van der Waals surface area contributed by atoms with E-state index in [0.29, 0.717) is 29.1 Å². The monoisotopic (exact) mass is 376 g/mol. The molecule has 0 aromatic carbocycles. The highest BCUT2D eigenvalue weighted by Crippen LogP contribution is 2.68. The van der Waals surface area contributed by atoms with E-state index in [9.17, 15) is 9.90 Å². The van der Waals surface area contributed by atoms with Crippen molar-refractivity contribution in [3.8, 4) is 0 Å². The van der Waals surface area contributed by atoms with Gasteiger partial charge in [0.1, 0.15) is 0 Å². The molecule has 4 aliphatic rings. The number of rotatable bonds is 4. The Morgan fingerprint density at radius 2 is 1.70 bits per heavy atom. The molecule has 154 valence electrons. The van der Waals surface area contributed by atoms with Gasteiger partial charge in [-0.3, -0.25) is 4.79 Å². The van der Waals surface area contributed by atoms with Crippen LogP contribution in [0.4, 0.5) is 0 Å². The number of hydrogen-bond donors (Lipinski definition) is 2. The minimum absolute atomic E-state index is 0.0561. The number of carboxylic acids is 1. The standard InChI is InChI=1S/C24H40O3/c1-15(4-9-22(26)27)19-7-8-20-18-6-5-16-14-17(25)10-12-23(16,2)21(18)11-13-24(19,20)3/h15-21,25H,4-14H2,1-3H3,(H,26,27)/t15-,16-,17+,18+,19+,20-,21+,23+,24-/m1/s1. The summed E-state index contributed by atoms with van der Waals surface area (Å²) in [5.74, 6) is 3.91. The SMILES string of the molecule is C[C@H](CCC(=O)O)[C@@H]1CC[C@@H]2[C@@H]3CC[C@@H]4C[C@@H](O)CC[C@]4(C)[C@H]3CC[C@@]21C. The Morgan fingerprint density at radius 3 is 2.44 bits per heavy atom. The zero-order chi connectivity index (χ0) is 19.4. The lowest BCUT2D eigenvalue weighted by atomic mass is 9.44. The van der Waals surface area contributed by atoms with Crippen LogP contribution in [0.3, 0.4) is 0 Å². The summed E-state index contributed by atoms with van der Waals surface area (Å²) in [5, 5.41) is 19.3. The molecule has 4 rings (SSSR count). The first-order valence-electron chi connectivity index (χ1n) is 11.7. The molecule has 27 heavy (non-hydrogen) atoms. The molecule has 0 aromatic rings. The van der Waals surface area contributed by atoms with Gasteiger partial charge in [-0.1, -0.05) is 20.8 Å². The predicted molar refractivity (Wildman–Crippen MR) is 107 cm³/mol. The van der Waals surface area contributed by atoms with Gasteiger partial charge in [0.25, 0.3) is 0 Å². The average Bonchev–Trinajstić information content (AvgIpc) is 2.97. The van der Waals surface area contributed by atoms with Crippen molar-refractivity contribution >= 4 is 5.97 Å². The number of hydrogen-bond acceptors (Lipinski definition) is 2. The summed E-state index contributed by atoms with van der Waals surface area (Å²) in [4.78, 5) is 11.0. The summed E-state index contributed by atoms with van der Waals surface area (Å²) >= 11 is 0. The van der Waals surface area contributed by atoms with E-state index < -0.39 is 5.97 Å². The molecule has 3 heteroatoms. The summed E-state index contributed by atoms with van der Waals surface area (Å²) in [6.07, 6.45) is 12.4. The van der Waals surface area contributed by atoms with Crippen LogP contribution in [0.5, 0.6) is 0 Å². The van der Waals surface area contributed by atoms with Crippen LogP contribution >= 0.6 is 0 Å². The molecule has 2 N–H and O–H groups in total. The number of aliphatic carboxylic acids is 1. The number of aliphatic hydroxyl groups is 1. The highest BCUT2D eigenvalue weighted by atomic mass is 16.4. The van der Waals surface area contributed by atoms with Gasteiger partial charge in [-0.2, -0.15) is 0 Å². The van der Waals surface area contributed by atoms with Crippen LogP contribution in [-0.4, -0.2) is 22.3 Å². The average molecular weight is 377 g/mol. The molecular formula is C24H40O3. The second-order valence-electron chi connectivity index (χ2n) is 11.2. The Kier molecular flexibility index (Phi) is 5.15. The van der Waals surface area contributed by atoms with Gasteiger partial charge in [0.2, 0.25) is 0 Å². The Bertz CT molecular complexity index is 574. The van der Waals surface area contributed by atoms with E-state index in [0.717, 1.165) is 42.9 Å². The van der Waals surface area contributed by atoms with Gasteiger partial charge in [0.05, 0.1) is 6.10 Å². The fourth-order valence-corrected chi connectivity index (χ4v) is 8.76. The van der Waals surface area contributed by atoms with Crippen molar-refractivity contribution in [2.45, 2.75) is 97.5 Å². The molecule has 4 fully saturated rings. The molecular weight excluding hydrogens is 336 g/mol. The summed E-state index contributed by atoms with van der Waals surface area (Å²) in [6, 6.07) is 0. The highest BCUT2D eigenvalue weighted by Gasteiger charge is 2.60. The van der Waals surface area contributed by atoms with E-state index >= 15 is 0 Å². The van der Waals surface area contributed by atoms with Crippen LogP contribution in [0.25, 0.3) is 0 Å². The van der Waals surface area contributed by atoms with E-state index in [2.05, 4.69) is 20.8 Å². The molecule has 0 bridgehead atoms. The maximum Gasteiger partial charge on any atom is 0.303 e. The highest BCUT2D eigenvalue weighted by molar-refractivity contribution is 5.66. The van der Waals surface area contributed by atoms with E-state index in [1.165, 1.54) is 44.9 Å². The lowest BCUT2D eigenvalue weighted by molar-refractivity contribution is -0.138. The van der Waals surface area contributed by atoms with Crippen molar-refractivity contribution < 1.29 is 15.0 Å². The van der Waals surface area contributed by atoms with Crippen LogP contribution in [0.1, 0.15) is 91.4 Å². The van der Waals surface area contributed by atoms with Crippen LogP contribution in [0.2, 0.25) is 0 Å². The van der Waals surface area contributed by atoms with Crippen molar-refractivity contribution in [3.05, 3.63) is 0 Å². The second-order valence-corrected chi connectivity index (χ2v) is 11.2. The summed E-state index contributed by atoms with van der Waals surface area (Å²) in [7, 11) is 0. The van der Waals surface area contributed by atoms with Crippen molar-refractivity contribution in [2.24, 2.45) is 46.3 Å². The first-order chi connectivity index (χ1) is 12.8. The Balaban J connectivity index is 1.51. The fourth-order valence-electron chi connectivity index (χ4n) is 8.76. The van der Waals surface area contributed by atoms with Gasteiger partial charge >= 0.3 is 5.97 Å². The molecule has 0 unspecified atom stereocenters. The van der Waals surface area contributed by atoms with Gasteiger partial charge in [0, 0.05) is 6.42 Å². The molecule has 4 aliphatic carbocycles. The summed E-state index contributed by atoms with van der Waals surface area (Å²) < 4.78 is 0. The van der Waals surface area contributed by atoms with E-state index in [1.54, 1.807) is 0 Å². The predicted octanol–water partition coefficient (Wildman–Crippen LogP) is 5.51. The van der Waals surface area contributed by atoms with Crippen LogP contribution < -0.4 is 0 Å². The maximum atomic E-state index is 11.0. The first-order valence-corrected chi connectivity index (χ1v) is 11.7. The zero-order valence-corrected chi connectivity index (χ0v) is 17.6. The molecule has 4 saturated carbocycles. The lowest BCUT2D eigenvalue weighted by Crippen LogP contribution is -2.54. The van der Waals surface area contributed by atoms with Crippen LogP contribution in [0, 0.1) is 46.3 Å². The topological polar surface area (TPSA) is 57.5 Å². The molecule has 0 radical (unpaired) electrons. The molecule has 0 spiro atoms. The minimum atomic E-state index is -0.643. The van der Waals surface area contributed by atoms with Crippen molar-refractivity contribution in [1.29, 1.82) is 0 Å². The van der Waals surface area contributed by atoms with Gasteiger partial charge in [-0.05, 0) is 111 Å². The van der Waals surface area contributed by atoms with Crippen LogP contribution in [-0.2, 0) is 4.79 Å². The third kappa shape index (κ3) is 3.16. The van der Waals surface area contributed by atoms with Crippen LogP contribution in [0.15, 0.2) is 0 Å². The quantitative estimate of drug-likeness (QED) is 0.680. The third-order valence-corrected chi connectivity index (χ3v) is 10.2. The molecule has 0 heterocycles. The van der Waals surface area contributed by atoms with Gasteiger partial charge in [0.15, 0.2) is 0 Å². The van der Waals surface area contributed by atoms with E-state index in [1.807, 2.05) is 0 Å². The summed E-state index contributed by atoms with van der Waals surface area (Å²) in [5.41, 5.74) is 0.882. The summed E-state index contributed by atoms with van der Waals surface area (Å²) in [6.45, 7) is 7.43. The molecule has 0 amide bonds. The Hall–Kier alpha value is -0.570. The number of carboxylic acid groups (broad SMARTS) is 1. The Labute approximate surface area is 165 Å². The molecule has 9 atom stereocenters. The molecule has 0 saturated heterocycles. The van der Waals surface area contributed by atoms with E-state index in [-0.39, 0.29) is 6.10 Å². The molecule has 0 aromatic heterocycles. The van der Waals surface area contributed by atoms with Gasteiger partial charge in [-0.25, -0.2) is 0 Å². The second kappa shape index (κ2) is 7.04. The number of aliphatic hydroxyl groups excluding tert-OH is 1. The Morgan fingerprint density at radius 1 is 1.00 bits per heavy atom. The smallest absolute Gasteiger partial charge is 0.303 e. The largest absolute Gasteiger partial charge is 0.481 e. The van der Waals surface area contributed by atoms with Gasteiger partial charge in [-0.15, -0.1) is 0 Å². The van der Waals surface area contributed by atoms with Crippen molar-refractivity contribution in [3.63, 3.8) is 0 Å². The fraction of sp³-hybridized carbons (Fsp3) is 0.958. The van der Waals surface area contributed by atoms with Crippen molar-refractivity contribution in [2.75, 3.05) is 0 Å². The zero-order valence-electron chi connectivity index (χ0n) is 17.6. The van der Waals surface area contributed by atoms with E-state index in [4.69, 9.17) is 5.11 Å². The lowest BCUT2D eigenvalue weighted by Gasteiger charge is -2.61. The van der Waals surface area contributed by atoms with Gasteiger partial charge < -0.3 is 10.2 Å².